The Hall–Kier alpha value is -2.68. The number of carbonyl (C=O) groups excluding carboxylic acids is 1. The van der Waals surface area contributed by atoms with E-state index < -0.39 is 5.91 Å². The molecule has 0 radical (unpaired) electrons. The van der Waals surface area contributed by atoms with Crippen LogP contribution in [0.1, 0.15) is 11.1 Å². The Labute approximate surface area is 155 Å². The van der Waals surface area contributed by atoms with E-state index in [0.29, 0.717) is 16.3 Å². The monoisotopic (exact) mass is 376 g/mol. The Morgan fingerprint density at radius 3 is 2.64 bits per heavy atom. The van der Waals surface area contributed by atoms with Gasteiger partial charge in [-0.05, 0) is 54.5 Å². The van der Waals surface area contributed by atoms with Crippen molar-refractivity contribution in [2.24, 2.45) is 0 Å². The van der Waals surface area contributed by atoms with Crippen molar-refractivity contribution >= 4 is 40.9 Å². The van der Waals surface area contributed by atoms with Gasteiger partial charge in [0.25, 0.3) is 5.91 Å². The fraction of sp³-hybridized carbons (Fsp3) is 0.111. The molecule has 0 atom stereocenters. The van der Waals surface area contributed by atoms with Crippen LogP contribution in [-0.2, 0) is 4.79 Å². The number of aryl methyl sites for hydroxylation is 1. The van der Waals surface area contributed by atoms with Crippen LogP contribution in [0.3, 0.4) is 0 Å². The van der Waals surface area contributed by atoms with Crippen molar-refractivity contribution in [1.29, 1.82) is 5.26 Å². The minimum atomic E-state index is -0.573. The molecular weight excluding hydrogens is 363 g/mol. The third-order valence-corrected chi connectivity index (χ3v) is 3.91. The van der Waals surface area contributed by atoms with Crippen LogP contribution < -0.4 is 10.1 Å². The summed E-state index contributed by atoms with van der Waals surface area (Å²) >= 11 is 11.8. The zero-order chi connectivity index (χ0) is 18.6. The highest BCUT2D eigenvalue weighted by molar-refractivity contribution is 6.32. The zero-order valence-corrected chi connectivity index (χ0v) is 14.9. The Kier molecular flexibility index (Phi) is 5.92. The van der Waals surface area contributed by atoms with Gasteiger partial charge in [-0.3, -0.25) is 4.79 Å². The summed E-state index contributed by atoms with van der Waals surface area (Å²) in [7, 11) is 1.38. The van der Waals surface area contributed by atoms with Crippen molar-refractivity contribution in [3.05, 3.63) is 57.1 Å². The van der Waals surface area contributed by atoms with Gasteiger partial charge in [-0.1, -0.05) is 23.2 Å². The van der Waals surface area contributed by atoms with Gasteiger partial charge in [0, 0.05) is 10.7 Å². The number of nitrogens with zero attached hydrogens (tertiary/aromatic N) is 1. The number of nitriles is 1. The first-order chi connectivity index (χ1) is 11.8. The van der Waals surface area contributed by atoms with E-state index in [1.165, 1.54) is 25.3 Å². The fourth-order valence-electron chi connectivity index (χ4n) is 2.10. The second-order valence-electron chi connectivity index (χ2n) is 5.14. The number of hydrogen-bond donors (Lipinski definition) is 2. The first-order valence-electron chi connectivity index (χ1n) is 7.11. The third-order valence-electron chi connectivity index (χ3n) is 3.38. The number of methoxy groups -OCH3 is 1. The minimum Gasteiger partial charge on any atom is -0.503 e. The smallest absolute Gasteiger partial charge is 0.266 e. The van der Waals surface area contributed by atoms with Crippen molar-refractivity contribution in [1.82, 2.24) is 0 Å². The van der Waals surface area contributed by atoms with Gasteiger partial charge < -0.3 is 15.2 Å². The molecule has 0 unspecified atom stereocenters. The largest absolute Gasteiger partial charge is 0.503 e. The van der Waals surface area contributed by atoms with Gasteiger partial charge in [0.05, 0.1) is 12.1 Å². The number of benzene rings is 2. The average molecular weight is 377 g/mol. The number of carbonyl (C=O) groups is 1. The summed E-state index contributed by atoms with van der Waals surface area (Å²) in [6.07, 6.45) is 1.36. The second kappa shape index (κ2) is 7.93. The molecule has 0 heterocycles. The lowest BCUT2D eigenvalue weighted by atomic mass is 10.1. The molecule has 0 aromatic heterocycles. The molecule has 0 saturated heterocycles. The van der Waals surface area contributed by atoms with Crippen LogP contribution in [0, 0.1) is 18.3 Å². The molecule has 25 heavy (non-hydrogen) atoms. The number of halogens is 2. The quantitative estimate of drug-likeness (QED) is 0.604. The molecule has 2 aromatic carbocycles. The summed E-state index contributed by atoms with van der Waals surface area (Å²) in [5.41, 5.74) is 1.64. The van der Waals surface area contributed by atoms with Crippen LogP contribution in [0.25, 0.3) is 6.08 Å². The number of hydrogen-bond acceptors (Lipinski definition) is 4. The summed E-state index contributed by atoms with van der Waals surface area (Å²) < 4.78 is 5.01. The van der Waals surface area contributed by atoms with Crippen LogP contribution in [0.4, 0.5) is 5.69 Å². The second-order valence-corrected chi connectivity index (χ2v) is 5.98. The van der Waals surface area contributed by atoms with Gasteiger partial charge in [0.2, 0.25) is 0 Å². The lowest BCUT2D eigenvalue weighted by molar-refractivity contribution is -0.112. The van der Waals surface area contributed by atoms with Crippen LogP contribution in [-0.4, -0.2) is 18.1 Å². The van der Waals surface area contributed by atoms with E-state index in [-0.39, 0.29) is 22.1 Å². The molecule has 2 rings (SSSR count). The predicted octanol–water partition coefficient (Wildman–Crippen LogP) is 4.56. The molecule has 7 heteroatoms. The van der Waals surface area contributed by atoms with Crippen molar-refractivity contribution in [2.45, 2.75) is 6.92 Å². The fourth-order valence-corrected chi connectivity index (χ4v) is 2.55. The van der Waals surface area contributed by atoms with Gasteiger partial charge in [-0.2, -0.15) is 5.26 Å². The Bertz CT molecular complexity index is 902. The maximum atomic E-state index is 12.3. The first kappa shape index (κ1) is 18.7. The van der Waals surface area contributed by atoms with E-state index in [0.717, 1.165) is 5.56 Å². The van der Waals surface area contributed by atoms with E-state index in [9.17, 15) is 15.2 Å². The molecule has 0 aliphatic rings. The van der Waals surface area contributed by atoms with Crippen molar-refractivity contribution < 1.29 is 14.6 Å². The molecule has 0 fully saturated rings. The van der Waals surface area contributed by atoms with E-state index in [2.05, 4.69) is 5.32 Å². The van der Waals surface area contributed by atoms with E-state index >= 15 is 0 Å². The van der Waals surface area contributed by atoms with Crippen molar-refractivity contribution in [3.8, 4) is 17.6 Å². The van der Waals surface area contributed by atoms with Crippen molar-refractivity contribution in [3.63, 3.8) is 0 Å². The van der Waals surface area contributed by atoms with E-state index in [4.69, 9.17) is 27.9 Å². The Morgan fingerprint density at radius 2 is 2.04 bits per heavy atom. The number of rotatable bonds is 4. The normalized spacial score (nSPS) is 10.9. The number of nitrogens with one attached hydrogen (secondary N) is 1. The first-order valence-corrected chi connectivity index (χ1v) is 7.87. The summed E-state index contributed by atoms with van der Waals surface area (Å²) in [4.78, 5) is 12.3. The van der Waals surface area contributed by atoms with E-state index in [1.807, 2.05) is 6.07 Å². The van der Waals surface area contributed by atoms with Crippen LogP contribution in [0.5, 0.6) is 11.5 Å². The molecule has 0 aliphatic heterocycles. The molecule has 128 valence electrons. The lowest BCUT2D eigenvalue weighted by Crippen LogP contribution is -2.14. The van der Waals surface area contributed by atoms with E-state index in [1.54, 1.807) is 25.1 Å². The predicted molar refractivity (Wildman–Crippen MR) is 98.1 cm³/mol. The number of ether oxygens (including phenoxy) is 1. The zero-order valence-electron chi connectivity index (χ0n) is 13.4. The SMILES string of the molecule is COc1cc(/C=C(\C#N)C(=O)Nc2ccc(Cl)cc2C)cc(Cl)c1O. The van der Waals surface area contributed by atoms with Crippen LogP contribution in [0.15, 0.2) is 35.9 Å². The molecule has 2 aromatic rings. The maximum Gasteiger partial charge on any atom is 0.266 e. The molecule has 5 nitrogen and oxygen atoms in total. The molecular formula is C18H14Cl2N2O3. The molecule has 2 N–H and O–H groups in total. The number of amides is 1. The van der Waals surface area contributed by atoms with Gasteiger partial charge in [0.1, 0.15) is 11.6 Å². The Balaban J connectivity index is 2.32. The number of phenols is 1. The van der Waals surface area contributed by atoms with Gasteiger partial charge in [-0.25, -0.2) is 0 Å². The molecule has 1 amide bonds. The van der Waals surface area contributed by atoms with Gasteiger partial charge >= 0.3 is 0 Å². The lowest BCUT2D eigenvalue weighted by Gasteiger charge is -2.09. The topological polar surface area (TPSA) is 82.3 Å². The van der Waals surface area contributed by atoms with Gasteiger partial charge in [0.15, 0.2) is 11.5 Å². The van der Waals surface area contributed by atoms with Crippen LogP contribution in [0.2, 0.25) is 10.0 Å². The maximum absolute atomic E-state index is 12.3. The summed E-state index contributed by atoms with van der Waals surface area (Å²) in [6, 6.07) is 9.76. The van der Waals surface area contributed by atoms with Crippen LogP contribution >= 0.6 is 23.2 Å². The molecule has 0 saturated carbocycles. The molecule has 0 bridgehead atoms. The average Bonchev–Trinajstić information content (AvgIpc) is 2.57. The van der Waals surface area contributed by atoms with Crippen molar-refractivity contribution in [2.75, 3.05) is 12.4 Å². The summed E-state index contributed by atoms with van der Waals surface area (Å²) in [5, 5.41) is 22.3. The number of phenolic OH excluding ortho intramolecular Hbond substituents is 1. The molecule has 0 spiro atoms. The highest BCUT2D eigenvalue weighted by Crippen LogP contribution is 2.35. The summed E-state index contributed by atoms with van der Waals surface area (Å²) in [6.45, 7) is 1.79. The Morgan fingerprint density at radius 1 is 1.32 bits per heavy atom. The van der Waals surface area contributed by atoms with Gasteiger partial charge in [-0.15, -0.1) is 0 Å². The number of aromatic hydroxyl groups is 1. The highest BCUT2D eigenvalue weighted by Gasteiger charge is 2.13. The number of anilines is 1. The molecule has 0 aliphatic carbocycles. The summed E-state index contributed by atoms with van der Waals surface area (Å²) in [5.74, 6) is -0.637. The minimum absolute atomic E-state index is 0.0526. The third kappa shape index (κ3) is 4.44. The standard InChI is InChI=1S/C18H14Cl2N2O3/c1-10-5-13(19)3-4-15(10)22-18(24)12(9-21)6-11-7-14(20)17(23)16(8-11)25-2/h3-8,23H,1-2H3,(H,22,24)/b12-6+. The highest BCUT2D eigenvalue weighted by atomic mass is 35.5.